The van der Waals surface area contributed by atoms with E-state index in [1.165, 1.54) is 5.56 Å². The Bertz CT molecular complexity index is 361. The molecule has 0 bridgehead atoms. The number of carbonyl (C=O) groups is 1. The van der Waals surface area contributed by atoms with Gasteiger partial charge in [-0.25, -0.2) is 0 Å². The van der Waals surface area contributed by atoms with Gasteiger partial charge in [0.25, 0.3) is 0 Å². The molecule has 0 radical (unpaired) electrons. The Labute approximate surface area is 94.9 Å². The lowest BCUT2D eigenvalue weighted by atomic mass is 9.87. The molecule has 1 aromatic rings. The summed E-state index contributed by atoms with van der Waals surface area (Å²) in [5, 5.41) is 8.86. The van der Waals surface area contributed by atoms with Crippen molar-refractivity contribution in [2.24, 2.45) is 11.8 Å². The number of pyridine rings is 1. The number of nitrogens with zero attached hydrogens (tertiary/aromatic N) is 2. The molecule has 16 heavy (non-hydrogen) atoms. The summed E-state index contributed by atoms with van der Waals surface area (Å²) >= 11 is 0. The highest BCUT2D eigenvalue weighted by molar-refractivity contribution is 5.70. The molecular formula is C12H16N2O2. The van der Waals surface area contributed by atoms with Crippen molar-refractivity contribution in [2.45, 2.75) is 13.5 Å². The second-order valence-corrected chi connectivity index (χ2v) is 4.44. The third-order valence-electron chi connectivity index (χ3n) is 3.21. The molecular weight excluding hydrogens is 204 g/mol. The molecule has 0 aromatic carbocycles. The Morgan fingerprint density at radius 1 is 1.69 bits per heavy atom. The van der Waals surface area contributed by atoms with Gasteiger partial charge in [0.15, 0.2) is 0 Å². The maximum absolute atomic E-state index is 10.8. The van der Waals surface area contributed by atoms with Gasteiger partial charge >= 0.3 is 5.97 Å². The molecule has 4 nitrogen and oxygen atoms in total. The molecule has 4 heteroatoms. The fraction of sp³-hybridized carbons (Fsp3) is 0.500. The molecule has 2 heterocycles. The number of aliphatic carboxylic acids is 1. The van der Waals surface area contributed by atoms with E-state index in [1.54, 1.807) is 13.1 Å². The van der Waals surface area contributed by atoms with Crippen LogP contribution in [-0.4, -0.2) is 34.0 Å². The van der Waals surface area contributed by atoms with E-state index in [0.717, 1.165) is 19.6 Å². The largest absolute Gasteiger partial charge is 0.481 e. The summed E-state index contributed by atoms with van der Waals surface area (Å²) in [6.45, 7) is 4.41. The van der Waals surface area contributed by atoms with Gasteiger partial charge < -0.3 is 5.11 Å². The molecule has 0 saturated carbocycles. The van der Waals surface area contributed by atoms with E-state index in [2.05, 4.69) is 9.88 Å². The minimum atomic E-state index is -0.689. The number of carboxylic acid groups (broad SMARTS) is 1. The number of rotatable bonds is 4. The van der Waals surface area contributed by atoms with Crippen LogP contribution >= 0.6 is 0 Å². The quantitative estimate of drug-likeness (QED) is 0.829. The zero-order chi connectivity index (χ0) is 11.5. The summed E-state index contributed by atoms with van der Waals surface area (Å²) in [5.74, 6) is -0.620. The summed E-state index contributed by atoms with van der Waals surface area (Å²) in [5.41, 5.74) is 1.18. The normalized spacial score (nSPS) is 19.1. The monoisotopic (exact) mass is 220 g/mol. The summed E-state index contributed by atoms with van der Waals surface area (Å²) in [6, 6.07) is 3.97. The number of hydrogen-bond donors (Lipinski definition) is 1. The lowest BCUT2D eigenvalue weighted by Crippen LogP contribution is -2.50. The SMILES string of the molecule is CC(C(=O)O)C1CN(Cc2cccnc2)C1. The highest BCUT2D eigenvalue weighted by Crippen LogP contribution is 2.25. The van der Waals surface area contributed by atoms with E-state index < -0.39 is 5.97 Å². The number of likely N-dealkylation sites (tertiary alicyclic amines) is 1. The maximum Gasteiger partial charge on any atom is 0.306 e. The average Bonchev–Trinajstić information content (AvgIpc) is 2.23. The minimum Gasteiger partial charge on any atom is -0.481 e. The molecule has 1 aromatic heterocycles. The zero-order valence-corrected chi connectivity index (χ0v) is 9.34. The van der Waals surface area contributed by atoms with E-state index >= 15 is 0 Å². The van der Waals surface area contributed by atoms with Crippen LogP contribution in [0.1, 0.15) is 12.5 Å². The van der Waals surface area contributed by atoms with Crippen LogP contribution in [0, 0.1) is 11.8 Å². The fourth-order valence-corrected chi connectivity index (χ4v) is 2.01. The van der Waals surface area contributed by atoms with E-state index in [0.29, 0.717) is 5.92 Å². The van der Waals surface area contributed by atoms with Gasteiger partial charge in [-0.1, -0.05) is 13.0 Å². The van der Waals surface area contributed by atoms with Gasteiger partial charge in [0, 0.05) is 32.0 Å². The molecule has 0 spiro atoms. The van der Waals surface area contributed by atoms with Crippen molar-refractivity contribution in [3.8, 4) is 0 Å². The van der Waals surface area contributed by atoms with Gasteiger partial charge in [-0.3, -0.25) is 14.7 Å². The molecule has 0 aliphatic carbocycles. The second kappa shape index (κ2) is 4.61. The molecule has 1 atom stereocenters. The van der Waals surface area contributed by atoms with Gasteiger partial charge in [-0.15, -0.1) is 0 Å². The number of aromatic nitrogens is 1. The van der Waals surface area contributed by atoms with Gasteiger partial charge in [0.1, 0.15) is 0 Å². The third kappa shape index (κ3) is 2.39. The molecule has 2 rings (SSSR count). The minimum absolute atomic E-state index is 0.231. The highest BCUT2D eigenvalue weighted by Gasteiger charge is 2.34. The summed E-state index contributed by atoms with van der Waals surface area (Å²) in [4.78, 5) is 17.1. The predicted octanol–water partition coefficient (Wildman–Crippen LogP) is 1.23. The highest BCUT2D eigenvalue weighted by atomic mass is 16.4. The molecule has 1 aliphatic heterocycles. The smallest absolute Gasteiger partial charge is 0.306 e. The summed E-state index contributed by atoms with van der Waals surface area (Å²) < 4.78 is 0. The Balaban J connectivity index is 1.79. The lowest BCUT2D eigenvalue weighted by molar-refractivity contribution is -0.145. The van der Waals surface area contributed by atoms with Crippen LogP contribution in [0.5, 0.6) is 0 Å². The van der Waals surface area contributed by atoms with Crippen LogP contribution < -0.4 is 0 Å². The van der Waals surface area contributed by atoms with Crippen LogP contribution in [0.15, 0.2) is 24.5 Å². The standard InChI is InChI=1S/C12H16N2O2/c1-9(12(15)16)11-7-14(8-11)6-10-3-2-4-13-5-10/h2-5,9,11H,6-8H2,1H3,(H,15,16). The first kappa shape index (κ1) is 11.1. The van der Waals surface area contributed by atoms with E-state index in [-0.39, 0.29) is 5.92 Å². The first-order valence-corrected chi connectivity index (χ1v) is 5.51. The van der Waals surface area contributed by atoms with Gasteiger partial charge in [-0.2, -0.15) is 0 Å². The van der Waals surface area contributed by atoms with Gasteiger partial charge in [0.05, 0.1) is 5.92 Å². The van der Waals surface area contributed by atoms with Crippen molar-refractivity contribution in [1.82, 2.24) is 9.88 Å². The number of carboxylic acids is 1. The molecule has 1 unspecified atom stereocenters. The first-order chi connectivity index (χ1) is 7.66. The van der Waals surface area contributed by atoms with Crippen molar-refractivity contribution in [3.05, 3.63) is 30.1 Å². The third-order valence-corrected chi connectivity index (χ3v) is 3.21. The van der Waals surface area contributed by atoms with Crippen LogP contribution in [0.25, 0.3) is 0 Å². The maximum atomic E-state index is 10.8. The van der Waals surface area contributed by atoms with Crippen molar-refractivity contribution < 1.29 is 9.90 Å². The van der Waals surface area contributed by atoms with Crippen LogP contribution in [-0.2, 0) is 11.3 Å². The molecule has 0 amide bonds. The van der Waals surface area contributed by atoms with Crippen LogP contribution in [0.3, 0.4) is 0 Å². The summed E-state index contributed by atoms with van der Waals surface area (Å²) in [6.07, 6.45) is 3.61. The predicted molar refractivity (Wildman–Crippen MR) is 59.8 cm³/mol. The van der Waals surface area contributed by atoms with Crippen molar-refractivity contribution in [3.63, 3.8) is 0 Å². The summed E-state index contributed by atoms with van der Waals surface area (Å²) in [7, 11) is 0. The zero-order valence-electron chi connectivity index (χ0n) is 9.34. The first-order valence-electron chi connectivity index (χ1n) is 5.51. The Morgan fingerprint density at radius 3 is 3.00 bits per heavy atom. The lowest BCUT2D eigenvalue weighted by Gasteiger charge is -2.41. The Hall–Kier alpha value is -1.42. The van der Waals surface area contributed by atoms with Gasteiger partial charge in [-0.05, 0) is 17.5 Å². The molecule has 1 N–H and O–H groups in total. The molecule has 1 aliphatic rings. The fourth-order valence-electron chi connectivity index (χ4n) is 2.01. The number of hydrogen-bond acceptors (Lipinski definition) is 3. The van der Waals surface area contributed by atoms with Crippen LogP contribution in [0.2, 0.25) is 0 Å². The van der Waals surface area contributed by atoms with E-state index in [4.69, 9.17) is 5.11 Å². The van der Waals surface area contributed by atoms with E-state index in [1.807, 2.05) is 18.3 Å². The topological polar surface area (TPSA) is 53.4 Å². The van der Waals surface area contributed by atoms with Crippen molar-refractivity contribution in [2.75, 3.05) is 13.1 Å². The van der Waals surface area contributed by atoms with Crippen molar-refractivity contribution >= 4 is 5.97 Å². The molecule has 1 fully saturated rings. The Morgan fingerprint density at radius 2 is 2.44 bits per heavy atom. The molecule has 86 valence electrons. The van der Waals surface area contributed by atoms with Crippen molar-refractivity contribution in [1.29, 1.82) is 0 Å². The average molecular weight is 220 g/mol. The van der Waals surface area contributed by atoms with Gasteiger partial charge in [0.2, 0.25) is 0 Å². The van der Waals surface area contributed by atoms with Crippen LogP contribution in [0.4, 0.5) is 0 Å². The Kier molecular flexibility index (Phi) is 3.19. The van der Waals surface area contributed by atoms with E-state index in [9.17, 15) is 4.79 Å². The second-order valence-electron chi connectivity index (χ2n) is 4.44. The molecule has 1 saturated heterocycles.